The minimum Gasteiger partial charge on any atom is -0.369 e. The Morgan fingerprint density at radius 2 is 2.12 bits per heavy atom. The van der Waals surface area contributed by atoms with Gasteiger partial charge in [0.05, 0.1) is 0 Å². The highest BCUT2D eigenvalue weighted by Crippen LogP contribution is 2.38. The Labute approximate surface area is 104 Å². The van der Waals surface area contributed by atoms with Gasteiger partial charge in [-0.1, -0.05) is 33.1 Å². The van der Waals surface area contributed by atoms with Crippen LogP contribution in [-0.4, -0.2) is 11.7 Å². The highest BCUT2D eigenvalue weighted by atomic mass is 16.1. The van der Waals surface area contributed by atoms with E-state index in [-0.39, 0.29) is 23.7 Å². The molecule has 3 atom stereocenters. The molecule has 1 amide bonds. The molecule has 3 nitrogen and oxygen atoms in total. The summed E-state index contributed by atoms with van der Waals surface area (Å²) in [6, 6.07) is 0. The number of hydrogen-bond donors (Lipinski definition) is 1. The van der Waals surface area contributed by atoms with Gasteiger partial charge in [-0.2, -0.15) is 0 Å². The molecule has 1 aliphatic rings. The molecule has 17 heavy (non-hydrogen) atoms. The van der Waals surface area contributed by atoms with Crippen molar-refractivity contribution in [2.45, 2.75) is 58.8 Å². The predicted octanol–water partition coefficient (Wildman–Crippen LogP) is 2.67. The van der Waals surface area contributed by atoms with E-state index < -0.39 is 0 Å². The largest absolute Gasteiger partial charge is 0.369 e. The number of carbonyl (C=O) groups excluding carboxylic acids is 2. The molecule has 0 saturated heterocycles. The van der Waals surface area contributed by atoms with Crippen LogP contribution >= 0.6 is 0 Å². The van der Waals surface area contributed by atoms with E-state index in [4.69, 9.17) is 5.73 Å². The average molecular weight is 239 g/mol. The van der Waals surface area contributed by atoms with Crippen LogP contribution in [0.5, 0.6) is 0 Å². The third-order valence-electron chi connectivity index (χ3n) is 4.10. The lowest BCUT2D eigenvalue weighted by molar-refractivity contribution is -0.125. The smallest absolute Gasteiger partial charge is 0.220 e. The number of Topliss-reactive ketones (excluding diaryl/α,β-unsaturated/α-hetero) is 1. The van der Waals surface area contributed by atoms with Crippen LogP contribution in [0.3, 0.4) is 0 Å². The summed E-state index contributed by atoms with van der Waals surface area (Å²) in [5, 5.41) is 0. The van der Waals surface area contributed by atoms with E-state index in [1.165, 1.54) is 12.8 Å². The quantitative estimate of drug-likeness (QED) is 0.694. The van der Waals surface area contributed by atoms with E-state index >= 15 is 0 Å². The first-order chi connectivity index (χ1) is 8.11. The van der Waals surface area contributed by atoms with Crippen molar-refractivity contribution in [3.8, 4) is 0 Å². The van der Waals surface area contributed by atoms with Crippen LogP contribution in [0.4, 0.5) is 0 Å². The number of rotatable bonds is 7. The van der Waals surface area contributed by atoms with Gasteiger partial charge in [-0.25, -0.2) is 0 Å². The molecule has 0 aromatic carbocycles. The molecule has 3 unspecified atom stereocenters. The fourth-order valence-electron chi connectivity index (χ4n) is 3.12. The second-order valence-corrected chi connectivity index (χ2v) is 5.19. The van der Waals surface area contributed by atoms with Gasteiger partial charge in [0.15, 0.2) is 0 Å². The van der Waals surface area contributed by atoms with E-state index in [1.54, 1.807) is 0 Å². The first-order valence-electron chi connectivity index (χ1n) is 6.93. The predicted molar refractivity (Wildman–Crippen MR) is 68.3 cm³/mol. The molecule has 0 aromatic rings. The number of unbranched alkanes of at least 4 members (excludes halogenated alkanes) is 2. The first-order valence-corrected chi connectivity index (χ1v) is 6.93. The van der Waals surface area contributed by atoms with Gasteiger partial charge in [0, 0.05) is 18.3 Å². The molecule has 1 aliphatic carbocycles. The minimum absolute atomic E-state index is 0.0963. The summed E-state index contributed by atoms with van der Waals surface area (Å²) in [6.07, 6.45) is 6.64. The summed E-state index contributed by atoms with van der Waals surface area (Å²) < 4.78 is 0. The lowest BCUT2D eigenvalue weighted by atomic mass is 9.79. The van der Waals surface area contributed by atoms with E-state index in [0.717, 1.165) is 25.7 Å². The molecular formula is C14H25NO2. The molecule has 1 fully saturated rings. The molecule has 0 aromatic heterocycles. The normalized spacial score (nSPS) is 26.1. The Morgan fingerprint density at radius 3 is 2.65 bits per heavy atom. The highest BCUT2D eigenvalue weighted by Gasteiger charge is 2.40. The third kappa shape index (κ3) is 3.55. The maximum absolute atomic E-state index is 11.9. The molecule has 0 spiro atoms. The van der Waals surface area contributed by atoms with Gasteiger partial charge in [0.25, 0.3) is 0 Å². The maximum atomic E-state index is 11.9. The lowest BCUT2D eigenvalue weighted by Crippen LogP contribution is -2.32. The first kappa shape index (κ1) is 14.2. The van der Waals surface area contributed by atoms with Gasteiger partial charge >= 0.3 is 0 Å². The maximum Gasteiger partial charge on any atom is 0.220 e. The fourth-order valence-corrected chi connectivity index (χ4v) is 3.12. The van der Waals surface area contributed by atoms with Crippen molar-refractivity contribution < 1.29 is 9.59 Å². The second-order valence-electron chi connectivity index (χ2n) is 5.19. The van der Waals surface area contributed by atoms with Gasteiger partial charge in [-0.3, -0.25) is 9.59 Å². The molecule has 98 valence electrons. The van der Waals surface area contributed by atoms with Crippen molar-refractivity contribution in [1.29, 1.82) is 0 Å². The second kappa shape index (κ2) is 6.77. The Hall–Kier alpha value is -0.860. The number of primary amides is 1. The molecule has 1 rings (SSSR count). The Morgan fingerprint density at radius 1 is 1.41 bits per heavy atom. The van der Waals surface area contributed by atoms with Crippen molar-refractivity contribution >= 4 is 11.7 Å². The Bertz CT molecular complexity index is 275. The van der Waals surface area contributed by atoms with Crippen LogP contribution in [0.1, 0.15) is 58.8 Å². The van der Waals surface area contributed by atoms with Gasteiger partial charge in [0.1, 0.15) is 5.78 Å². The number of nitrogens with two attached hydrogens (primary N) is 1. The fraction of sp³-hybridized carbons (Fsp3) is 0.857. The van der Waals surface area contributed by atoms with Crippen LogP contribution in [0.2, 0.25) is 0 Å². The third-order valence-corrected chi connectivity index (χ3v) is 4.10. The van der Waals surface area contributed by atoms with E-state index in [1.807, 2.05) is 6.92 Å². The number of hydrogen-bond acceptors (Lipinski definition) is 2. The molecule has 3 heteroatoms. The van der Waals surface area contributed by atoms with Crippen LogP contribution in [0.25, 0.3) is 0 Å². The van der Waals surface area contributed by atoms with E-state index in [9.17, 15) is 9.59 Å². The zero-order chi connectivity index (χ0) is 12.8. The van der Waals surface area contributed by atoms with Crippen LogP contribution in [-0.2, 0) is 9.59 Å². The van der Waals surface area contributed by atoms with Crippen molar-refractivity contribution in [3.63, 3.8) is 0 Å². The van der Waals surface area contributed by atoms with Crippen LogP contribution < -0.4 is 5.73 Å². The van der Waals surface area contributed by atoms with Gasteiger partial charge in [-0.15, -0.1) is 0 Å². The standard InChI is InChI=1S/C14H25NO2/c1-3-5-6-7-12-11(8-9-13(12)16)10(4-2)14(15)17/h10-12H,3-9H2,1-2H3,(H2,15,17). The summed E-state index contributed by atoms with van der Waals surface area (Å²) in [7, 11) is 0. The van der Waals surface area contributed by atoms with E-state index in [0.29, 0.717) is 12.2 Å². The van der Waals surface area contributed by atoms with Crippen molar-refractivity contribution in [2.75, 3.05) is 0 Å². The number of ketones is 1. The zero-order valence-electron chi connectivity index (χ0n) is 11.1. The summed E-state index contributed by atoms with van der Waals surface area (Å²) >= 11 is 0. The van der Waals surface area contributed by atoms with Crippen molar-refractivity contribution in [3.05, 3.63) is 0 Å². The average Bonchev–Trinajstić information content (AvgIpc) is 2.62. The molecule has 0 aliphatic heterocycles. The molecule has 0 heterocycles. The summed E-state index contributed by atoms with van der Waals surface area (Å²) in [5.74, 6) is 0.326. The molecule has 0 radical (unpaired) electrons. The summed E-state index contributed by atoms with van der Waals surface area (Å²) in [6.45, 7) is 4.15. The zero-order valence-corrected chi connectivity index (χ0v) is 11.1. The van der Waals surface area contributed by atoms with E-state index in [2.05, 4.69) is 6.92 Å². The van der Waals surface area contributed by atoms with Crippen LogP contribution in [0, 0.1) is 17.8 Å². The van der Waals surface area contributed by atoms with Crippen molar-refractivity contribution in [1.82, 2.24) is 0 Å². The van der Waals surface area contributed by atoms with Gasteiger partial charge < -0.3 is 5.73 Å². The van der Waals surface area contributed by atoms with Gasteiger partial charge in [0.2, 0.25) is 5.91 Å². The number of carbonyl (C=O) groups is 2. The topological polar surface area (TPSA) is 60.2 Å². The lowest BCUT2D eigenvalue weighted by Gasteiger charge is -2.24. The van der Waals surface area contributed by atoms with Crippen molar-refractivity contribution in [2.24, 2.45) is 23.5 Å². The molecule has 2 N–H and O–H groups in total. The Balaban J connectivity index is 2.62. The number of amides is 1. The molecular weight excluding hydrogens is 214 g/mol. The highest BCUT2D eigenvalue weighted by molar-refractivity contribution is 5.85. The monoisotopic (exact) mass is 239 g/mol. The Kier molecular flexibility index (Phi) is 5.66. The summed E-state index contributed by atoms with van der Waals surface area (Å²) in [5.41, 5.74) is 5.44. The summed E-state index contributed by atoms with van der Waals surface area (Å²) in [4.78, 5) is 23.3. The minimum atomic E-state index is -0.229. The van der Waals surface area contributed by atoms with Crippen LogP contribution in [0.15, 0.2) is 0 Å². The molecule has 0 bridgehead atoms. The SMILES string of the molecule is CCCCCC1C(=O)CCC1C(CC)C(N)=O. The van der Waals surface area contributed by atoms with Gasteiger partial charge in [-0.05, 0) is 25.2 Å². The molecule has 1 saturated carbocycles.